The molecule has 3 nitrogen and oxygen atoms in total. The summed E-state index contributed by atoms with van der Waals surface area (Å²) in [6.07, 6.45) is 1.95. The van der Waals surface area contributed by atoms with E-state index >= 15 is 0 Å². The van der Waals surface area contributed by atoms with E-state index in [0.29, 0.717) is 0 Å². The molecule has 1 aromatic heterocycles. The predicted octanol–water partition coefficient (Wildman–Crippen LogP) is 4.91. The molecule has 0 fully saturated rings. The zero-order chi connectivity index (χ0) is 20.5. The van der Waals surface area contributed by atoms with E-state index in [1.807, 2.05) is 6.20 Å². The average molecular weight is 391 g/mol. The number of fused-ring (bicyclic) bond motifs is 9. The molecule has 0 saturated heterocycles. The molecule has 6 rings (SSSR count). The minimum absolute atomic E-state index is 0.270. The number of hydrogen-bond acceptors (Lipinski definition) is 2. The first-order valence-electron chi connectivity index (χ1n) is 10.5. The van der Waals surface area contributed by atoms with Gasteiger partial charge in [0.15, 0.2) is 0 Å². The SMILES string of the molecule is CC(C)N1c2ccccc2C2(c3ccccc3-c3ccccc32)c2ccc[n+](N)c21. The third-order valence-corrected chi connectivity index (χ3v) is 6.66. The summed E-state index contributed by atoms with van der Waals surface area (Å²) in [5.41, 5.74) is 8.65. The van der Waals surface area contributed by atoms with Gasteiger partial charge in [0.25, 0.3) is 0 Å². The van der Waals surface area contributed by atoms with Crippen LogP contribution in [0.25, 0.3) is 11.1 Å². The molecule has 0 amide bonds. The highest BCUT2D eigenvalue weighted by Crippen LogP contribution is 2.61. The van der Waals surface area contributed by atoms with Gasteiger partial charge in [0, 0.05) is 5.56 Å². The first kappa shape index (κ1) is 17.3. The van der Waals surface area contributed by atoms with Gasteiger partial charge in [-0.1, -0.05) is 66.7 Å². The van der Waals surface area contributed by atoms with Gasteiger partial charge in [0.2, 0.25) is 0 Å². The standard InChI is InChI=1S/C27H24N3/c1-18(2)30-25-16-8-7-14-23(25)27(24-15-9-17-29(28)26(24)30)21-12-5-3-10-19(21)20-11-4-6-13-22(20)27/h3-18H,28H2,1-2H3/q+1. The molecule has 1 spiro atoms. The Hall–Kier alpha value is -3.59. The second-order valence-electron chi connectivity index (χ2n) is 8.47. The topological polar surface area (TPSA) is 33.1 Å². The van der Waals surface area contributed by atoms with Crippen molar-refractivity contribution in [1.29, 1.82) is 0 Å². The summed E-state index contributed by atoms with van der Waals surface area (Å²) in [7, 11) is 0. The largest absolute Gasteiger partial charge is 0.309 e. The van der Waals surface area contributed by atoms with E-state index in [9.17, 15) is 0 Å². The van der Waals surface area contributed by atoms with E-state index in [-0.39, 0.29) is 11.5 Å². The molecule has 1 aliphatic carbocycles. The number of para-hydroxylation sites is 1. The Morgan fingerprint density at radius 2 is 1.23 bits per heavy atom. The summed E-state index contributed by atoms with van der Waals surface area (Å²) in [4.78, 5) is 2.37. The molecule has 1 aliphatic heterocycles. The number of aromatic nitrogens is 1. The van der Waals surface area contributed by atoms with Crippen LogP contribution in [-0.4, -0.2) is 6.04 Å². The van der Waals surface area contributed by atoms with Gasteiger partial charge in [0.05, 0.1) is 17.0 Å². The number of benzene rings is 3. The van der Waals surface area contributed by atoms with Gasteiger partial charge >= 0.3 is 5.82 Å². The molecule has 0 radical (unpaired) electrons. The van der Waals surface area contributed by atoms with Crippen LogP contribution in [0.15, 0.2) is 91.1 Å². The fraction of sp³-hybridized carbons (Fsp3) is 0.148. The van der Waals surface area contributed by atoms with Crippen molar-refractivity contribution in [2.45, 2.75) is 25.3 Å². The zero-order valence-electron chi connectivity index (χ0n) is 17.2. The van der Waals surface area contributed by atoms with E-state index < -0.39 is 0 Å². The summed E-state index contributed by atoms with van der Waals surface area (Å²) in [6.45, 7) is 4.45. The van der Waals surface area contributed by atoms with Crippen molar-refractivity contribution >= 4 is 11.5 Å². The molecule has 4 aromatic rings. The second-order valence-corrected chi connectivity index (χ2v) is 8.47. The van der Waals surface area contributed by atoms with Gasteiger partial charge in [-0.15, -0.1) is 4.68 Å². The van der Waals surface area contributed by atoms with Crippen LogP contribution >= 0.6 is 0 Å². The van der Waals surface area contributed by atoms with Crippen LogP contribution < -0.4 is 15.4 Å². The number of nitrogens with zero attached hydrogens (tertiary/aromatic N) is 2. The summed E-state index contributed by atoms with van der Waals surface area (Å²) >= 11 is 0. The second kappa shape index (κ2) is 5.96. The predicted molar refractivity (Wildman–Crippen MR) is 121 cm³/mol. The smallest absolute Gasteiger partial charge is 0.269 e. The average Bonchev–Trinajstić information content (AvgIpc) is 3.06. The minimum atomic E-state index is -0.382. The molecule has 2 N–H and O–H groups in total. The number of hydrogen-bond donors (Lipinski definition) is 1. The Labute approximate surface area is 177 Å². The highest BCUT2D eigenvalue weighted by atomic mass is 15.4. The quantitative estimate of drug-likeness (QED) is 0.326. The summed E-state index contributed by atoms with van der Waals surface area (Å²) in [6, 6.07) is 31.1. The normalized spacial score (nSPS) is 15.0. The van der Waals surface area contributed by atoms with Crippen LogP contribution in [0.4, 0.5) is 11.5 Å². The summed E-state index contributed by atoms with van der Waals surface area (Å²) < 4.78 is 1.79. The number of nitrogens with two attached hydrogens (primary N) is 1. The van der Waals surface area contributed by atoms with Crippen molar-refractivity contribution in [2.24, 2.45) is 0 Å². The maximum atomic E-state index is 6.59. The maximum absolute atomic E-state index is 6.59. The third-order valence-electron chi connectivity index (χ3n) is 6.66. The molecule has 3 heteroatoms. The lowest BCUT2D eigenvalue weighted by molar-refractivity contribution is -0.626. The van der Waals surface area contributed by atoms with Crippen molar-refractivity contribution in [1.82, 2.24) is 0 Å². The van der Waals surface area contributed by atoms with Gasteiger partial charge in [-0.3, -0.25) is 5.84 Å². The number of pyridine rings is 1. The fourth-order valence-electron chi connectivity index (χ4n) is 5.66. The highest BCUT2D eigenvalue weighted by Gasteiger charge is 2.55. The number of rotatable bonds is 1. The lowest BCUT2D eigenvalue weighted by Crippen LogP contribution is -2.54. The van der Waals surface area contributed by atoms with E-state index in [2.05, 4.69) is 104 Å². The highest BCUT2D eigenvalue weighted by molar-refractivity contribution is 5.91. The van der Waals surface area contributed by atoms with Gasteiger partial charge in [0.1, 0.15) is 11.9 Å². The zero-order valence-corrected chi connectivity index (χ0v) is 17.2. The monoisotopic (exact) mass is 390 g/mol. The third kappa shape index (κ3) is 1.92. The first-order chi connectivity index (χ1) is 14.7. The van der Waals surface area contributed by atoms with E-state index in [1.165, 1.54) is 39.1 Å². The first-order valence-corrected chi connectivity index (χ1v) is 10.5. The van der Waals surface area contributed by atoms with Crippen molar-refractivity contribution in [3.63, 3.8) is 0 Å². The minimum Gasteiger partial charge on any atom is -0.269 e. The molecule has 2 heterocycles. The van der Waals surface area contributed by atoms with Gasteiger partial charge in [-0.2, -0.15) is 0 Å². The van der Waals surface area contributed by atoms with Crippen molar-refractivity contribution in [3.05, 3.63) is 113 Å². The Bertz CT molecular complexity index is 1260. The molecule has 146 valence electrons. The Morgan fingerprint density at radius 1 is 0.700 bits per heavy atom. The van der Waals surface area contributed by atoms with Crippen LogP contribution in [0.3, 0.4) is 0 Å². The molecule has 0 bridgehead atoms. The molecular weight excluding hydrogens is 366 g/mol. The maximum Gasteiger partial charge on any atom is 0.309 e. The van der Waals surface area contributed by atoms with Crippen LogP contribution in [-0.2, 0) is 5.41 Å². The van der Waals surface area contributed by atoms with Crippen LogP contribution in [0, 0.1) is 0 Å². The molecule has 0 unspecified atom stereocenters. The molecule has 3 aromatic carbocycles. The van der Waals surface area contributed by atoms with Crippen LogP contribution in [0.2, 0.25) is 0 Å². The van der Waals surface area contributed by atoms with Gasteiger partial charge in [-0.25, -0.2) is 4.90 Å². The Kier molecular flexibility index (Phi) is 3.43. The van der Waals surface area contributed by atoms with Gasteiger partial charge in [-0.05, 0) is 54.3 Å². The number of anilines is 2. The Balaban J connectivity index is 1.86. The summed E-state index contributed by atoms with van der Waals surface area (Å²) in [5, 5.41) is 0. The van der Waals surface area contributed by atoms with Crippen molar-refractivity contribution in [2.75, 3.05) is 10.7 Å². The molecular formula is C27H24N3+. The summed E-state index contributed by atoms with van der Waals surface area (Å²) in [5.74, 6) is 7.65. The van der Waals surface area contributed by atoms with E-state index in [0.717, 1.165) is 5.82 Å². The molecule has 30 heavy (non-hydrogen) atoms. The molecule has 2 aliphatic rings. The lowest BCUT2D eigenvalue weighted by atomic mass is 9.65. The number of nitrogen functional groups attached to an aromatic ring is 1. The fourth-order valence-corrected chi connectivity index (χ4v) is 5.66. The van der Waals surface area contributed by atoms with Gasteiger partial charge < -0.3 is 0 Å². The van der Waals surface area contributed by atoms with Crippen molar-refractivity contribution < 1.29 is 4.68 Å². The van der Waals surface area contributed by atoms with Crippen LogP contribution in [0.1, 0.15) is 36.1 Å². The molecule has 0 saturated carbocycles. The Morgan fingerprint density at radius 3 is 1.87 bits per heavy atom. The van der Waals surface area contributed by atoms with E-state index in [4.69, 9.17) is 5.84 Å². The van der Waals surface area contributed by atoms with Crippen LogP contribution in [0.5, 0.6) is 0 Å². The molecule has 0 atom stereocenters. The van der Waals surface area contributed by atoms with Crippen molar-refractivity contribution in [3.8, 4) is 11.1 Å². The lowest BCUT2D eigenvalue weighted by Gasteiger charge is -2.41. The van der Waals surface area contributed by atoms with E-state index in [1.54, 1.807) is 4.68 Å².